The highest BCUT2D eigenvalue weighted by atomic mass is 19.3. The van der Waals surface area contributed by atoms with Gasteiger partial charge in [0.05, 0.1) is 7.11 Å². The van der Waals surface area contributed by atoms with Crippen molar-refractivity contribution in [2.24, 2.45) is 5.92 Å². The summed E-state index contributed by atoms with van der Waals surface area (Å²) in [6, 6.07) is 12.5. The van der Waals surface area contributed by atoms with Crippen LogP contribution < -0.4 is 19.7 Å². The van der Waals surface area contributed by atoms with E-state index in [2.05, 4.69) is 15.0 Å². The van der Waals surface area contributed by atoms with Gasteiger partial charge in [-0.2, -0.15) is 13.8 Å². The van der Waals surface area contributed by atoms with Gasteiger partial charge in [0.2, 0.25) is 5.91 Å². The SMILES string of the molecule is COc1ccc(NC(=O)C2CCN(c3nc4ccccc4o3)CC2)cc1OC(F)F. The molecule has 158 valence electrons. The molecule has 9 heteroatoms. The van der Waals surface area contributed by atoms with E-state index in [4.69, 9.17) is 9.15 Å². The Morgan fingerprint density at radius 3 is 2.67 bits per heavy atom. The van der Waals surface area contributed by atoms with Crippen molar-refractivity contribution < 1.29 is 27.5 Å². The minimum absolute atomic E-state index is 0.129. The van der Waals surface area contributed by atoms with Gasteiger partial charge in [-0.3, -0.25) is 4.79 Å². The third-order valence-electron chi connectivity index (χ3n) is 5.07. The van der Waals surface area contributed by atoms with Crippen LogP contribution in [0.3, 0.4) is 0 Å². The number of benzene rings is 2. The van der Waals surface area contributed by atoms with Crippen molar-refractivity contribution in [3.05, 3.63) is 42.5 Å². The number of oxazole rings is 1. The highest BCUT2D eigenvalue weighted by Gasteiger charge is 2.27. The van der Waals surface area contributed by atoms with Crippen LogP contribution in [0.5, 0.6) is 11.5 Å². The number of carbonyl (C=O) groups is 1. The van der Waals surface area contributed by atoms with Crippen molar-refractivity contribution in [2.45, 2.75) is 19.5 Å². The number of anilines is 2. The molecule has 30 heavy (non-hydrogen) atoms. The van der Waals surface area contributed by atoms with Crippen LogP contribution in [0.15, 0.2) is 46.9 Å². The Balaban J connectivity index is 1.37. The van der Waals surface area contributed by atoms with Gasteiger partial charge in [0.15, 0.2) is 17.1 Å². The Bertz CT molecular complexity index is 999. The van der Waals surface area contributed by atoms with Crippen molar-refractivity contribution in [2.75, 3.05) is 30.4 Å². The molecule has 0 unspecified atom stereocenters. The summed E-state index contributed by atoms with van der Waals surface area (Å²) in [5.41, 5.74) is 1.90. The summed E-state index contributed by atoms with van der Waals surface area (Å²) in [6.07, 6.45) is 1.25. The number of carbonyl (C=O) groups excluding carboxylic acids is 1. The molecule has 0 radical (unpaired) electrons. The first-order valence-electron chi connectivity index (χ1n) is 9.57. The summed E-state index contributed by atoms with van der Waals surface area (Å²) in [5, 5.41) is 2.78. The van der Waals surface area contributed by atoms with Crippen LogP contribution in [-0.2, 0) is 4.79 Å². The summed E-state index contributed by atoms with van der Waals surface area (Å²) >= 11 is 0. The van der Waals surface area contributed by atoms with Gasteiger partial charge in [0.1, 0.15) is 5.52 Å². The van der Waals surface area contributed by atoms with E-state index in [1.165, 1.54) is 19.2 Å². The van der Waals surface area contributed by atoms with Gasteiger partial charge in [-0.05, 0) is 37.1 Å². The highest BCUT2D eigenvalue weighted by molar-refractivity contribution is 5.93. The van der Waals surface area contributed by atoms with Crippen molar-refractivity contribution in [1.29, 1.82) is 0 Å². The van der Waals surface area contributed by atoms with Crippen molar-refractivity contribution in [3.63, 3.8) is 0 Å². The fourth-order valence-corrected chi connectivity index (χ4v) is 3.52. The standard InChI is InChI=1S/C21H21F2N3O4/c1-28-17-7-6-14(12-18(17)29-20(22)23)24-19(27)13-8-10-26(11-9-13)21-25-15-4-2-3-5-16(15)30-21/h2-7,12-13,20H,8-11H2,1H3,(H,24,27). The molecule has 1 aliphatic heterocycles. The van der Waals surface area contributed by atoms with E-state index >= 15 is 0 Å². The number of para-hydroxylation sites is 2. The Morgan fingerprint density at radius 2 is 1.97 bits per heavy atom. The smallest absolute Gasteiger partial charge is 0.387 e. The molecule has 1 fully saturated rings. The lowest BCUT2D eigenvalue weighted by Gasteiger charge is -2.30. The second kappa shape index (κ2) is 8.56. The largest absolute Gasteiger partial charge is 0.493 e. The number of nitrogens with one attached hydrogen (secondary N) is 1. The van der Waals surface area contributed by atoms with E-state index in [-0.39, 0.29) is 23.3 Å². The van der Waals surface area contributed by atoms with Crippen LogP contribution in [0.25, 0.3) is 11.1 Å². The van der Waals surface area contributed by atoms with Gasteiger partial charge >= 0.3 is 6.61 Å². The summed E-state index contributed by atoms with van der Waals surface area (Å²) in [7, 11) is 1.36. The van der Waals surface area contributed by atoms with Crippen LogP contribution in [0.2, 0.25) is 0 Å². The number of nitrogens with zero attached hydrogens (tertiary/aromatic N) is 2. The zero-order valence-corrected chi connectivity index (χ0v) is 16.3. The molecule has 0 bridgehead atoms. The molecule has 1 amide bonds. The Morgan fingerprint density at radius 1 is 1.20 bits per heavy atom. The average Bonchev–Trinajstić information content (AvgIpc) is 3.18. The summed E-state index contributed by atoms with van der Waals surface area (Å²) in [4.78, 5) is 19.2. The van der Waals surface area contributed by atoms with Crippen LogP contribution >= 0.6 is 0 Å². The molecule has 0 aliphatic carbocycles. The average molecular weight is 417 g/mol. The van der Waals surface area contributed by atoms with E-state index in [9.17, 15) is 13.6 Å². The quantitative estimate of drug-likeness (QED) is 0.645. The fraction of sp³-hybridized carbons (Fsp3) is 0.333. The van der Waals surface area contributed by atoms with Gasteiger partial charge in [-0.15, -0.1) is 0 Å². The lowest BCUT2D eigenvalue weighted by Crippen LogP contribution is -2.38. The van der Waals surface area contributed by atoms with Crippen LogP contribution in [0, 0.1) is 5.92 Å². The second-order valence-corrected chi connectivity index (χ2v) is 6.96. The molecule has 2 heterocycles. The number of rotatable bonds is 6. The number of ether oxygens (including phenoxy) is 2. The number of amides is 1. The number of piperidine rings is 1. The molecule has 1 aromatic heterocycles. The number of hydrogen-bond donors (Lipinski definition) is 1. The van der Waals surface area contributed by atoms with E-state index in [1.54, 1.807) is 6.07 Å². The Labute approximate surface area is 171 Å². The van der Waals surface area contributed by atoms with Gasteiger partial charge in [-0.25, -0.2) is 0 Å². The first-order valence-corrected chi connectivity index (χ1v) is 9.57. The molecule has 1 saturated heterocycles. The zero-order valence-electron chi connectivity index (χ0n) is 16.3. The van der Waals surface area contributed by atoms with E-state index < -0.39 is 6.61 Å². The molecule has 4 rings (SSSR count). The lowest BCUT2D eigenvalue weighted by atomic mass is 9.96. The normalized spacial score (nSPS) is 14.9. The van der Waals surface area contributed by atoms with Gasteiger partial charge in [-0.1, -0.05) is 12.1 Å². The monoisotopic (exact) mass is 417 g/mol. The fourth-order valence-electron chi connectivity index (χ4n) is 3.52. The molecule has 0 saturated carbocycles. The van der Waals surface area contributed by atoms with E-state index in [0.717, 1.165) is 11.1 Å². The van der Waals surface area contributed by atoms with Crippen molar-refractivity contribution >= 4 is 28.7 Å². The number of halogens is 2. The summed E-state index contributed by atoms with van der Waals surface area (Å²) in [5.74, 6) is -0.330. The number of hydrogen-bond acceptors (Lipinski definition) is 6. The first kappa shape index (κ1) is 19.9. The highest BCUT2D eigenvalue weighted by Crippen LogP contribution is 2.32. The first-order chi connectivity index (χ1) is 14.5. The predicted octanol–water partition coefficient (Wildman–Crippen LogP) is 4.29. The molecular weight excluding hydrogens is 396 g/mol. The van der Waals surface area contributed by atoms with Crippen LogP contribution in [0.1, 0.15) is 12.8 Å². The Kier molecular flexibility index (Phi) is 5.69. The molecule has 1 aliphatic rings. The molecule has 0 spiro atoms. The molecule has 1 N–H and O–H groups in total. The van der Waals surface area contributed by atoms with E-state index in [0.29, 0.717) is 37.6 Å². The van der Waals surface area contributed by atoms with Gasteiger partial charge < -0.3 is 24.1 Å². The summed E-state index contributed by atoms with van der Waals surface area (Å²) < 4.78 is 40.4. The van der Waals surface area contributed by atoms with Crippen LogP contribution in [0.4, 0.5) is 20.5 Å². The zero-order chi connectivity index (χ0) is 21.1. The molecule has 2 aromatic carbocycles. The second-order valence-electron chi connectivity index (χ2n) is 6.96. The molecule has 3 aromatic rings. The van der Waals surface area contributed by atoms with Crippen LogP contribution in [-0.4, -0.2) is 37.7 Å². The minimum Gasteiger partial charge on any atom is -0.493 e. The summed E-state index contributed by atoms with van der Waals surface area (Å²) in [6.45, 7) is -1.72. The van der Waals surface area contributed by atoms with Gasteiger partial charge in [0.25, 0.3) is 6.01 Å². The minimum atomic E-state index is -2.99. The number of alkyl halides is 2. The lowest BCUT2D eigenvalue weighted by molar-refractivity contribution is -0.120. The van der Waals surface area contributed by atoms with Crippen molar-refractivity contribution in [3.8, 4) is 11.5 Å². The number of fused-ring (bicyclic) bond motifs is 1. The van der Waals surface area contributed by atoms with E-state index in [1.807, 2.05) is 29.2 Å². The van der Waals surface area contributed by atoms with Gasteiger partial charge in [0, 0.05) is 30.8 Å². The number of aromatic nitrogens is 1. The maximum Gasteiger partial charge on any atom is 0.387 e. The Hall–Kier alpha value is -3.36. The topological polar surface area (TPSA) is 76.8 Å². The molecule has 0 atom stereocenters. The third-order valence-corrected chi connectivity index (χ3v) is 5.07. The third kappa shape index (κ3) is 4.29. The molecule has 7 nitrogen and oxygen atoms in total. The predicted molar refractivity (Wildman–Crippen MR) is 107 cm³/mol. The molecular formula is C21H21F2N3O4. The number of methoxy groups -OCH3 is 1. The maximum atomic E-state index is 12.7. The maximum absolute atomic E-state index is 12.7. The van der Waals surface area contributed by atoms with Crippen molar-refractivity contribution in [1.82, 2.24) is 4.98 Å².